The number of carbonyl (C=O) groups is 1. The molecule has 8 nitrogen and oxygen atoms in total. The molecule has 1 amide bonds. The van der Waals surface area contributed by atoms with E-state index in [-0.39, 0.29) is 11.8 Å². The highest BCUT2D eigenvalue weighted by Crippen LogP contribution is 2.33. The zero-order valence-corrected chi connectivity index (χ0v) is 16.2. The number of likely N-dealkylation sites (tertiary alicyclic amines) is 1. The minimum Gasteiger partial charge on any atom is -0.489 e. The Morgan fingerprint density at radius 2 is 2.11 bits per heavy atom. The number of carbonyl (C=O) groups excluding carboxylic acids is 1. The average Bonchev–Trinajstić information content (AvgIpc) is 3.15. The number of fused-ring (bicyclic) bond motifs is 1. The van der Waals surface area contributed by atoms with Crippen LogP contribution in [0.1, 0.15) is 23.3 Å². The molecule has 0 saturated carbocycles. The van der Waals surface area contributed by atoms with Crippen molar-refractivity contribution in [2.45, 2.75) is 18.9 Å². The maximum atomic E-state index is 11.8. The van der Waals surface area contributed by atoms with Crippen molar-refractivity contribution < 1.29 is 9.53 Å². The number of H-pyrrole nitrogens is 1. The monoisotopic (exact) mass is 400 g/mol. The van der Waals surface area contributed by atoms with E-state index in [1.807, 2.05) is 12.1 Å². The molecule has 4 rings (SSSR count). The summed E-state index contributed by atoms with van der Waals surface area (Å²) >= 11 is 6.44. The number of primary amides is 1. The molecule has 0 unspecified atom stereocenters. The van der Waals surface area contributed by atoms with Crippen molar-refractivity contribution in [1.29, 1.82) is 0 Å². The molecule has 1 aliphatic heterocycles. The molecule has 1 aromatic carbocycles. The molecule has 0 radical (unpaired) electrons. The van der Waals surface area contributed by atoms with Crippen LogP contribution in [0.25, 0.3) is 11.0 Å². The summed E-state index contributed by atoms with van der Waals surface area (Å²) in [4.78, 5) is 17.0. The fourth-order valence-electron chi connectivity index (χ4n) is 3.32. The number of piperidine rings is 1. The van der Waals surface area contributed by atoms with Gasteiger partial charge >= 0.3 is 0 Å². The molecule has 1 aliphatic rings. The Morgan fingerprint density at radius 1 is 1.32 bits per heavy atom. The third-order valence-corrected chi connectivity index (χ3v) is 5.17. The van der Waals surface area contributed by atoms with Crippen LogP contribution in [0.15, 0.2) is 30.5 Å². The molecule has 146 valence electrons. The molecule has 3 aromatic rings. The zero-order chi connectivity index (χ0) is 19.7. The summed E-state index contributed by atoms with van der Waals surface area (Å²) in [6.45, 7) is 2.03. The van der Waals surface area contributed by atoms with E-state index in [4.69, 9.17) is 22.1 Å². The number of aromatic nitrogens is 3. The third kappa shape index (κ3) is 3.74. The molecule has 0 bridgehead atoms. The number of nitrogens with zero attached hydrogens (tertiary/aromatic N) is 3. The van der Waals surface area contributed by atoms with Gasteiger partial charge in [0.05, 0.1) is 10.7 Å². The van der Waals surface area contributed by atoms with Crippen molar-refractivity contribution in [2.75, 3.05) is 25.5 Å². The number of nitrogens with one attached hydrogen (secondary N) is 2. The first kappa shape index (κ1) is 18.5. The van der Waals surface area contributed by atoms with E-state index < -0.39 is 5.91 Å². The van der Waals surface area contributed by atoms with Crippen LogP contribution in [-0.2, 0) is 0 Å². The molecular formula is C19H21ClN6O2. The number of ether oxygens (including phenoxy) is 1. The van der Waals surface area contributed by atoms with Crippen molar-refractivity contribution in [2.24, 2.45) is 5.73 Å². The average molecular weight is 401 g/mol. The number of hydrogen-bond acceptors (Lipinski definition) is 6. The molecule has 1 saturated heterocycles. The van der Waals surface area contributed by atoms with Crippen molar-refractivity contribution in [1.82, 2.24) is 20.1 Å². The van der Waals surface area contributed by atoms with Gasteiger partial charge in [-0.1, -0.05) is 11.6 Å². The Bertz CT molecular complexity index is 1010. The van der Waals surface area contributed by atoms with Gasteiger partial charge in [0, 0.05) is 30.4 Å². The second-order valence-corrected chi connectivity index (χ2v) is 7.33. The van der Waals surface area contributed by atoms with Crippen LogP contribution in [0.2, 0.25) is 5.02 Å². The zero-order valence-electron chi connectivity index (χ0n) is 15.4. The number of benzene rings is 1. The summed E-state index contributed by atoms with van der Waals surface area (Å²) in [6.07, 6.45) is 3.84. The van der Waals surface area contributed by atoms with Gasteiger partial charge in [0.2, 0.25) is 0 Å². The Balaban J connectivity index is 1.57. The molecule has 9 heteroatoms. The molecule has 0 atom stereocenters. The maximum Gasteiger partial charge on any atom is 0.271 e. The quantitative estimate of drug-likeness (QED) is 0.607. The number of amides is 1. The van der Waals surface area contributed by atoms with Gasteiger partial charge in [0.25, 0.3) is 5.91 Å². The summed E-state index contributed by atoms with van der Waals surface area (Å²) in [5, 5.41) is 12.3. The normalized spacial score (nSPS) is 15.6. The number of rotatable bonds is 5. The maximum absolute atomic E-state index is 11.8. The summed E-state index contributed by atoms with van der Waals surface area (Å²) in [7, 11) is 2.11. The Morgan fingerprint density at radius 3 is 2.82 bits per heavy atom. The van der Waals surface area contributed by atoms with Crippen LogP contribution in [0.3, 0.4) is 0 Å². The summed E-state index contributed by atoms with van der Waals surface area (Å²) in [5.41, 5.74) is 7.25. The van der Waals surface area contributed by atoms with E-state index in [9.17, 15) is 4.79 Å². The molecule has 0 aliphatic carbocycles. The summed E-state index contributed by atoms with van der Waals surface area (Å²) in [5.74, 6) is -0.0112. The number of nitrogens with two attached hydrogens (primary N) is 1. The SMILES string of the molecule is CN1CCC(Oc2ccc(Nc3c(C(N)=O)nnc4[nH]ccc34)cc2Cl)CC1. The number of halogens is 1. The molecule has 2 aromatic heterocycles. The lowest BCUT2D eigenvalue weighted by Gasteiger charge is -2.29. The highest BCUT2D eigenvalue weighted by atomic mass is 35.5. The van der Waals surface area contributed by atoms with E-state index in [1.54, 1.807) is 18.3 Å². The second kappa shape index (κ2) is 7.65. The van der Waals surface area contributed by atoms with Crippen LogP contribution in [0.4, 0.5) is 11.4 Å². The lowest BCUT2D eigenvalue weighted by molar-refractivity contribution is 0.0995. The van der Waals surface area contributed by atoms with Gasteiger partial charge < -0.3 is 25.7 Å². The first-order valence-electron chi connectivity index (χ1n) is 9.06. The van der Waals surface area contributed by atoms with Crippen molar-refractivity contribution in [3.05, 3.63) is 41.2 Å². The van der Waals surface area contributed by atoms with Gasteiger partial charge in [-0.2, -0.15) is 0 Å². The number of aromatic amines is 1. The van der Waals surface area contributed by atoms with Gasteiger partial charge in [-0.15, -0.1) is 10.2 Å². The van der Waals surface area contributed by atoms with E-state index in [2.05, 4.69) is 32.4 Å². The van der Waals surface area contributed by atoms with Crippen LogP contribution in [0.5, 0.6) is 5.75 Å². The van der Waals surface area contributed by atoms with Crippen LogP contribution < -0.4 is 15.8 Å². The van der Waals surface area contributed by atoms with Crippen molar-refractivity contribution in [3.8, 4) is 5.75 Å². The van der Waals surface area contributed by atoms with Gasteiger partial charge in [-0.25, -0.2) is 0 Å². The summed E-state index contributed by atoms with van der Waals surface area (Å²) < 4.78 is 6.07. The predicted molar refractivity (Wildman–Crippen MR) is 108 cm³/mol. The molecule has 3 heterocycles. The fraction of sp³-hybridized carbons (Fsp3) is 0.316. The van der Waals surface area contributed by atoms with E-state index in [0.717, 1.165) is 25.9 Å². The first-order chi connectivity index (χ1) is 13.5. The molecule has 1 fully saturated rings. The second-order valence-electron chi connectivity index (χ2n) is 6.92. The van der Waals surface area contributed by atoms with E-state index >= 15 is 0 Å². The number of hydrogen-bond donors (Lipinski definition) is 3. The van der Waals surface area contributed by atoms with Gasteiger partial charge in [0.15, 0.2) is 11.3 Å². The van der Waals surface area contributed by atoms with E-state index in [1.165, 1.54) is 0 Å². The minimum atomic E-state index is -0.661. The smallest absolute Gasteiger partial charge is 0.271 e. The van der Waals surface area contributed by atoms with E-state index in [0.29, 0.717) is 33.2 Å². The Labute approximate surface area is 167 Å². The van der Waals surface area contributed by atoms with Crippen LogP contribution in [0, 0.1) is 0 Å². The summed E-state index contributed by atoms with van der Waals surface area (Å²) in [6, 6.07) is 7.24. The number of anilines is 2. The third-order valence-electron chi connectivity index (χ3n) is 4.88. The Kier molecular flexibility index (Phi) is 5.06. The van der Waals surface area contributed by atoms with Crippen molar-refractivity contribution >= 4 is 39.9 Å². The van der Waals surface area contributed by atoms with Crippen molar-refractivity contribution in [3.63, 3.8) is 0 Å². The molecule has 28 heavy (non-hydrogen) atoms. The standard InChI is InChI=1S/C19H21ClN6O2/c1-26-8-5-12(6-9-26)28-15-3-2-11(10-14(15)20)23-16-13-4-7-22-19(13)25-24-17(16)18(21)27/h2-4,7,10,12H,5-6,8-9H2,1H3,(H2,21,27)(H2,22,23,25). The highest BCUT2D eigenvalue weighted by molar-refractivity contribution is 6.32. The molecule has 4 N–H and O–H groups in total. The van der Waals surface area contributed by atoms with Crippen LogP contribution >= 0.6 is 11.6 Å². The molecule has 0 spiro atoms. The van der Waals surface area contributed by atoms with Gasteiger partial charge in [-0.05, 0) is 44.2 Å². The predicted octanol–water partition coefficient (Wildman–Crippen LogP) is 2.93. The fourth-order valence-corrected chi connectivity index (χ4v) is 3.55. The van der Waals surface area contributed by atoms with Crippen LogP contribution in [-0.4, -0.2) is 52.2 Å². The first-order valence-corrected chi connectivity index (χ1v) is 9.44. The lowest BCUT2D eigenvalue weighted by atomic mass is 10.1. The topological polar surface area (TPSA) is 109 Å². The van der Waals surface area contributed by atoms with Gasteiger partial charge in [-0.3, -0.25) is 4.79 Å². The van der Waals surface area contributed by atoms with Gasteiger partial charge in [0.1, 0.15) is 11.9 Å². The lowest BCUT2D eigenvalue weighted by Crippen LogP contribution is -2.35. The largest absolute Gasteiger partial charge is 0.489 e. The molecular weight excluding hydrogens is 380 g/mol. The minimum absolute atomic E-state index is 0.0647. The Hall–Kier alpha value is -2.84. The highest BCUT2D eigenvalue weighted by Gasteiger charge is 2.20.